The Balaban J connectivity index is 2.95. The van der Waals surface area contributed by atoms with E-state index in [0.717, 1.165) is 12.0 Å². The van der Waals surface area contributed by atoms with E-state index in [1.54, 1.807) is 0 Å². The molecule has 3 heteroatoms. The molecule has 78 valence electrons. The SMILES string of the molecule is CC[C@@H](N)[C@@H](O)c1ccc(C)cc1Cl. The average molecular weight is 214 g/mol. The van der Waals surface area contributed by atoms with Gasteiger partial charge in [0, 0.05) is 16.6 Å². The average Bonchev–Trinajstić information content (AvgIpc) is 2.15. The standard InChI is InChI=1S/C11H16ClNO/c1-3-10(13)11(14)8-5-4-7(2)6-9(8)12/h4-6,10-11,14H,3,13H2,1-2H3/t10-,11+/m1/s1. The molecule has 0 unspecified atom stereocenters. The highest BCUT2D eigenvalue weighted by molar-refractivity contribution is 6.31. The molecule has 0 fully saturated rings. The molecular formula is C11H16ClNO. The van der Waals surface area contributed by atoms with Crippen molar-refractivity contribution < 1.29 is 5.11 Å². The molecule has 0 saturated carbocycles. The molecule has 1 aromatic carbocycles. The minimum Gasteiger partial charge on any atom is -0.387 e. The highest BCUT2D eigenvalue weighted by Gasteiger charge is 2.17. The van der Waals surface area contributed by atoms with Gasteiger partial charge in [0.15, 0.2) is 0 Å². The number of rotatable bonds is 3. The molecule has 0 saturated heterocycles. The Labute approximate surface area is 89.7 Å². The normalized spacial score (nSPS) is 15.2. The Morgan fingerprint density at radius 2 is 2.14 bits per heavy atom. The van der Waals surface area contributed by atoms with Crippen molar-refractivity contribution in [3.8, 4) is 0 Å². The summed E-state index contributed by atoms with van der Waals surface area (Å²) in [6.07, 6.45) is 0.0545. The Bertz CT molecular complexity index is 314. The van der Waals surface area contributed by atoms with E-state index < -0.39 is 6.10 Å². The summed E-state index contributed by atoms with van der Waals surface area (Å²) in [6.45, 7) is 3.90. The van der Waals surface area contributed by atoms with Crippen molar-refractivity contribution in [2.75, 3.05) is 0 Å². The second-order valence-corrected chi connectivity index (χ2v) is 3.95. The van der Waals surface area contributed by atoms with Gasteiger partial charge in [0.2, 0.25) is 0 Å². The fourth-order valence-electron chi connectivity index (χ4n) is 1.33. The lowest BCUT2D eigenvalue weighted by atomic mass is 10.00. The predicted molar refractivity (Wildman–Crippen MR) is 59.4 cm³/mol. The van der Waals surface area contributed by atoms with Crippen LogP contribution in [-0.4, -0.2) is 11.1 Å². The molecule has 0 aliphatic carbocycles. The van der Waals surface area contributed by atoms with Gasteiger partial charge in [-0.25, -0.2) is 0 Å². The second kappa shape index (κ2) is 4.78. The summed E-state index contributed by atoms with van der Waals surface area (Å²) < 4.78 is 0. The van der Waals surface area contributed by atoms with Gasteiger partial charge in [-0.15, -0.1) is 0 Å². The van der Waals surface area contributed by atoms with Crippen molar-refractivity contribution >= 4 is 11.6 Å². The zero-order valence-electron chi connectivity index (χ0n) is 8.50. The number of aliphatic hydroxyl groups excluding tert-OH is 1. The van der Waals surface area contributed by atoms with E-state index in [-0.39, 0.29) is 6.04 Å². The lowest BCUT2D eigenvalue weighted by Crippen LogP contribution is -2.27. The smallest absolute Gasteiger partial charge is 0.0955 e. The van der Waals surface area contributed by atoms with Crippen LogP contribution in [-0.2, 0) is 0 Å². The van der Waals surface area contributed by atoms with Gasteiger partial charge in [0.25, 0.3) is 0 Å². The molecule has 1 aromatic rings. The number of nitrogens with two attached hydrogens (primary N) is 1. The molecule has 2 atom stereocenters. The third-order valence-corrected chi connectivity index (χ3v) is 2.68. The molecular weight excluding hydrogens is 198 g/mol. The fraction of sp³-hybridized carbons (Fsp3) is 0.455. The van der Waals surface area contributed by atoms with E-state index in [2.05, 4.69) is 0 Å². The molecule has 0 radical (unpaired) electrons. The maximum Gasteiger partial charge on any atom is 0.0955 e. The van der Waals surface area contributed by atoms with Crippen molar-refractivity contribution in [2.45, 2.75) is 32.4 Å². The van der Waals surface area contributed by atoms with Crippen LogP contribution in [0.2, 0.25) is 5.02 Å². The Morgan fingerprint density at radius 3 is 2.64 bits per heavy atom. The number of hydrogen-bond donors (Lipinski definition) is 2. The van der Waals surface area contributed by atoms with Crippen LogP contribution in [0.3, 0.4) is 0 Å². The highest BCUT2D eigenvalue weighted by atomic mass is 35.5. The van der Waals surface area contributed by atoms with Gasteiger partial charge in [0.05, 0.1) is 6.10 Å². The van der Waals surface area contributed by atoms with E-state index in [4.69, 9.17) is 17.3 Å². The van der Waals surface area contributed by atoms with E-state index in [1.807, 2.05) is 32.0 Å². The zero-order chi connectivity index (χ0) is 10.7. The van der Waals surface area contributed by atoms with Crippen molar-refractivity contribution in [3.05, 3.63) is 34.3 Å². The van der Waals surface area contributed by atoms with Gasteiger partial charge in [-0.3, -0.25) is 0 Å². The first-order chi connectivity index (χ1) is 6.56. The number of aryl methyl sites for hydroxylation is 1. The van der Waals surface area contributed by atoms with Gasteiger partial charge < -0.3 is 10.8 Å². The quantitative estimate of drug-likeness (QED) is 0.810. The lowest BCUT2D eigenvalue weighted by Gasteiger charge is -2.18. The molecule has 0 aliphatic rings. The monoisotopic (exact) mass is 213 g/mol. The molecule has 0 aromatic heterocycles. The highest BCUT2D eigenvalue weighted by Crippen LogP contribution is 2.26. The topological polar surface area (TPSA) is 46.2 Å². The van der Waals surface area contributed by atoms with Crippen molar-refractivity contribution in [2.24, 2.45) is 5.73 Å². The van der Waals surface area contributed by atoms with E-state index >= 15 is 0 Å². The lowest BCUT2D eigenvalue weighted by molar-refractivity contribution is 0.144. The number of aliphatic hydroxyl groups is 1. The van der Waals surface area contributed by atoms with Crippen LogP contribution in [0.1, 0.15) is 30.6 Å². The summed E-state index contributed by atoms with van der Waals surface area (Å²) in [6, 6.07) is 5.34. The van der Waals surface area contributed by atoms with Gasteiger partial charge in [-0.1, -0.05) is 30.7 Å². The summed E-state index contributed by atoms with van der Waals surface area (Å²) in [4.78, 5) is 0. The van der Waals surface area contributed by atoms with E-state index in [9.17, 15) is 5.11 Å². The van der Waals surface area contributed by atoms with E-state index in [0.29, 0.717) is 10.6 Å². The summed E-state index contributed by atoms with van der Waals surface area (Å²) in [5, 5.41) is 10.4. The fourth-order valence-corrected chi connectivity index (χ4v) is 1.67. The van der Waals surface area contributed by atoms with Crippen molar-refractivity contribution in [1.29, 1.82) is 0 Å². The maximum absolute atomic E-state index is 9.85. The molecule has 0 spiro atoms. The number of benzene rings is 1. The first-order valence-corrected chi connectivity index (χ1v) is 5.13. The molecule has 0 bridgehead atoms. The van der Waals surface area contributed by atoms with Crippen LogP contribution in [0, 0.1) is 6.92 Å². The van der Waals surface area contributed by atoms with Crippen LogP contribution in [0.5, 0.6) is 0 Å². The predicted octanol–water partition coefficient (Wildman–Crippen LogP) is 2.42. The third-order valence-electron chi connectivity index (χ3n) is 2.35. The van der Waals surface area contributed by atoms with Crippen LogP contribution in [0.4, 0.5) is 0 Å². The summed E-state index contributed by atoms with van der Waals surface area (Å²) in [5.41, 5.74) is 7.54. The van der Waals surface area contributed by atoms with E-state index in [1.165, 1.54) is 0 Å². The summed E-state index contributed by atoms with van der Waals surface area (Å²) in [7, 11) is 0. The number of halogens is 1. The molecule has 0 heterocycles. The Hall–Kier alpha value is -0.570. The summed E-state index contributed by atoms with van der Waals surface area (Å²) >= 11 is 6.01. The third kappa shape index (κ3) is 2.47. The van der Waals surface area contributed by atoms with Crippen LogP contribution in [0.25, 0.3) is 0 Å². The maximum atomic E-state index is 9.85. The Kier molecular flexibility index (Phi) is 3.93. The summed E-state index contributed by atoms with van der Waals surface area (Å²) in [5.74, 6) is 0. The second-order valence-electron chi connectivity index (χ2n) is 3.54. The minimum atomic E-state index is -0.673. The van der Waals surface area contributed by atoms with Gasteiger partial charge >= 0.3 is 0 Å². The molecule has 14 heavy (non-hydrogen) atoms. The Morgan fingerprint density at radius 1 is 1.50 bits per heavy atom. The van der Waals surface area contributed by atoms with Gasteiger partial charge in [-0.2, -0.15) is 0 Å². The first-order valence-electron chi connectivity index (χ1n) is 4.76. The van der Waals surface area contributed by atoms with Crippen LogP contribution < -0.4 is 5.73 Å². The van der Waals surface area contributed by atoms with Crippen LogP contribution in [0.15, 0.2) is 18.2 Å². The van der Waals surface area contributed by atoms with Gasteiger partial charge in [-0.05, 0) is 25.0 Å². The molecule has 1 rings (SSSR count). The van der Waals surface area contributed by atoms with Crippen LogP contribution >= 0.6 is 11.6 Å². The number of hydrogen-bond acceptors (Lipinski definition) is 2. The van der Waals surface area contributed by atoms with Crippen molar-refractivity contribution in [3.63, 3.8) is 0 Å². The molecule has 0 amide bonds. The zero-order valence-corrected chi connectivity index (χ0v) is 9.25. The largest absolute Gasteiger partial charge is 0.387 e. The molecule has 2 nitrogen and oxygen atoms in total. The van der Waals surface area contributed by atoms with Gasteiger partial charge in [0.1, 0.15) is 0 Å². The molecule has 0 aliphatic heterocycles. The minimum absolute atomic E-state index is 0.254. The van der Waals surface area contributed by atoms with Crippen molar-refractivity contribution in [1.82, 2.24) is 0 Å². The first kappa shape index (κ1) is 11.5. The molecule has 3 N–H and O–H groups in total.